The molecule has 2 atom stereocenters. The van der Waals surface area contributed by atoms with E-state index in [2.05, 4.69) is 16.0 Å². The maximum atomic E-state index is 13.3. The van der Waals surface area contributed by atoms with Crippen LogP contribution in [0.15, 0.2) is 0 Å². The van der Waals surface area contributed by atoms with Gasteiger partial charge >= 0.3 is 19.5 Å². The van der Waals surface area contributed by atoms with Gasteiger partial charge < -0.3 is 50.0 Å². The van der Waals surface area contributed by atoms with E-state index in [9.17, 15) is 28.5 Å². The van der Waals surface area contributed by atoms with Crippen LogP contribution in [0.4, 0.5) is 0 Å². The van der Waals surface area contributed by atoms with Crippen molar-refractivity contribution < 1.29 is 56.9 Å². The van der Waals surface area contributed by atoms with Gasteiger partial charge in [0.2, 0.25) is 17.7 Å². The Bertz CT molecular complexity index is 1360. The lowest BCUT2D eigenvalue weighted by molar-refractivity contribution is -0.159. The Morgan fingerprint density at radius 1 is 0.530 bits per heavy atom. The number of amides is 3. The average molecular weight is 963 g/mol. The zero-order valence-electron chi connectivity index (χ0n) is 42.8. The van der Waals surface area contributed by atoms with Crippen LogP contribution < -0.4 is 21.7 Å². The number of nitrogens with two attached hydrogens (primary N) is 1. The van der Waals surface area contributed by atoms with Crippen molar-refractivity contribution in [1.29, 1.82) is 0 Å². The minimum Gasteiger partial charge on any atom is -0.480 e. The number of esters is 1. The van der Waals surface area contributed by atoms with E-state index >= 15 is 0 Å². The largest absolute Gasteiger partial charge is 0.480 e. The molecule has 0 spiro atoms. The highest BCUT2D eigenvalue weighted by molar-refractivity contribution is 7.53. The van der Waals surface area contributed by atoms with Crippen LogP contribution in [0, 0.1) is 0 Å². The van der Waals surface area contributed by atoms with Crippen LogP contribution in [-0.4, -0.2) is 109 Å². The van der Waals surface area contributed by atoms with Gasteiger partial charge in [-0.25, -0.2) is 4.79 Å². The number of hydrogen-bond donors (Lipinski definition) is 5. The third kappa shape index (κ3) is 41.6. The van der Waals surface area contributed by atoms with Gasteiger partial charge in [-0.2, -0.15) is 0 Å². The van der Waals surface area contributed by atoms with Crippen molar-refractivity contribution in [1.82, 2.24) is 16.0 Å². The molecule has 0 aromatic carbocycles. The number of nitrogens with one attached hydrogen (secondary N) is 3. The predicted octanol–water partition coefficient (Wildman–Crippen LogP) is 9.29. The molecular weight excluding hydrogens is 868 g/mol. The Labute approximate surface area is 399 Å². The van der Waals surface area contributed by atoms with Gasteiger partial charge in [0.05, 0.1) is 37.2 Å². The fraction of sp³-hybridized carbons (Fsp3) is 0.898. The molecule has 17 heteroatoms. The summed E-state index contributed by atoms with van der Waals surface area (Å²) < 4.78 is 41.4. The van der Waals surface area contributed by atoms with E-state index in [1.165, 1.54) is 64.2 Å². The quantitative estimate of drug-likeness (QED) is 0.0219. The number of rotatable bonds is 41. The Kier molecular flexibility index (Phi) is 34.9. The highest BCUT2D eigenvalue weighted by Gasteiger charge is 2.34. The van der Waals surface area contributed by atoms with Gasteiger partial charge in [0.15, 0.2) is 0 Å². The highest BCUT2D eigenvalue weighted by atomic mass is 31.2. The third-order valence-corrected chi connectivity index (χ3v) is 12.6. The van der Waals surface area contributed by atoms with Crippen LogP contribution in [-0.2, 0) is 51.8 Å². The lowest BCUT2D eigenvalue weighted by Gasteiger charge is -2.32. The smallest absolute Gasteiger partial charge is 0.331 e. The Balaban J connectivity index is 4.04. The maximum absolute atomic E-state index is 13.3. The number of unbranched alkanes of at least 4 members (excludes halogenated alkanes) is 17. The molecule has 0 rings (SSSR count). The molecule has 0 saturated carbocycles. The fourth-order valence-corrected chi connectivity index (χ4v) is 9.48. The minimum atomic E-state index is -3.13. The van der Waals surface area contributed by atoms with Crippen molar-refractivity contribution in [2.45, 2.75) is 239 Å². The number of carbonyl (C=O) groups excluding carboxylic acids is 4. The molecular formula is C49H95N4O12P. The van der Waals surface area contributed by atoms with Crippen molar-refractivity contribution in [2.24, 2.45) is 5.73 Å². The molecule has 3 amide bonds. The molecule has 0 heterocycles. The van der Waals surface area contributed by atoms with Gasteiger partial charge in [-0.3, -0.25) is 23.7 Å². The Hall–Kier alpha value is -2.62. The summed E-state index contributed by atoms with van der Waals surface area (Å²) in [4.78, 5) is 60.8. The van der Waals surface area contributed by atoms with E-state index in [0.29, 0.717) is 38.4 Å². The standard InChI is InChI=1S/C49H95N4O12P/c1-47(2,3)63-46(59)41(31-32-42(54)52-34-35-61-36-37-62-39-44(56)51-33-27-26-29-40(50)45(57)58)53-43(55)30-25-23-21-19-17-15-13-11-10-12-14-16-18-20-22-24-28-38-66(60,64-48(4,5)6)65-49(7,8)9/h40-41H,10-39,50H2,1-9H3,(H,51,56)(H,52,54)(H,53,55)(H,57,58)/t40-,41-/m0/s1. The molecule has 0 saturated heterocycles. The van der Waals surface area contributed by atoms with E-state index in [1.807, 2.05) is 41.5 Å². The van der Waals surface area contributed by atoms with Crippen LogP contribution in [0.25, 0.3) is 0 Å². The molecule has 0 aliphatic carbocycles. The van der Waals surface area contributed by atoms with Gasteiger partial charge in [0.25, 0.3) is 0 Å². The molecule has 0 aromatic heterocycles. The summed E-state index contributed by atoms with van der Waals surface area (Å²) in [5.41, 5.74) is 3.71. The molecule has 388 valence electrons. The van der Waals surface area contributed by atoms with Gasteiger partial charge in [-0.05, 0) is 101 Å². The summed E-state index contributed by atoms with van der Waals surface area (Å²) in [5, 5.41) is 17.0. The molecule has 0 aromatic rings. The van der Waals surface area contributed by atoms with Crippen molar-refractivity contribution in [3.05, 3.63) is 0 Å². The minimum absolute atomic E-state index is 0.0204. The number of ether oxygens (including phenoxy) is 3. The van der Waals surface area contributed by atoms with Crippen LogP contribution in [0.5, 0.6) is 0 Å². The molecule has 0 unspecified atom stereocenters. The van der Waals surface area contributed by atoms with Gasteiger partial charge in [-0.15, -0.1) is 0 Å². The van der Waals surface area contributed by atoms with E-state index < -0.39 is 48.4 Å². The molecule has 0 aliphatic heterocycles. The van der Waals surface area contributed by atoms with Crippen LogP contribution >= 0.6 is 7.60 Å². The SMILES string of the molecule is CC(C)(C)OC(=O)[C@H](CCC(=O)NCCOCCOCC(=O)NCCCC[C@H](N)C(=O)O)NC(=O)CCCCCCCCCCCCCCCCCCCP(=O)(OC(C)(C)C)OC(C)(C)C. The average Bonchev–Trinajstić information content (AvgIpc) is 3.18. The van der Waals surface area contributed by atoms with Crippen LogP contribution in [0.1, 0.15) is 210 Å². The highest BCUT2D eigenvalue weighted by Crippen LogP contribution is 2.55. The molecule has 0 bridgehead atoms. The number of carboxylic acids is 1. The van der Waals surface area contributed by atoms with Gasteiger partial charge in [0, 0.05) is 25.9 Å². The monoisotopic (exact) mass is 963 g/mol. The zero-order valence-corrected chi connectivity index (χ0v) is 43.7. The Morgan fingerprint density at radius 2 is 1.00 bits per heavy atom. The van der Waals surface area contributed by atoms with Crippen molar-refractivity contribution in [3.8, 4) is 0 Å². The third-order valence-electron chi connectivity index (χ3n) is 10.1. The number of carboxylic acid groups (broad SMARTS) is 1. The van der Waals surface area contributed by atoms with Crippen LogP contribution in [0.3, 0.4) is 0 Å². The summed E-state index contributed by atoms with van der Waals surface area (Å²) >= 11 is 0. The first-order valence-corrected chi connectivity index (χ1v) is 26.8. The molecule has 0 radical (unpaired) electrons. The molecule has 66 heavy (non-hydrogen) atoms. The van der Waals surface area contributed by atoms with Gasteiger partial charge in [0.1, 0.15) is 24.3 Å². The maximum Gasteiger partial charge on any atom is 0.331 e. The zero-order chi connectivity index (χ0) is 49.9. The fourth-order valence-electron chi connectivity index (χ4n) is 6.98. The van der Waals surface area contributed by atoms with Crippen molar-refractivity contribution in [3.63, 3.8) is 0 Å². The van der Waals surface area contributed by atoms with E-state index in [1.54, 1.807) is 20.8 Å². The normalized spacial score (nSPS) is 13.2. The van der Waals surface area contributed by atoms with E-state index in [4.69, 9.17) is 34.1 Å². The molecule has 0 aliphatic rings. The molecule has 0 fully saturated rings. The first kappa shape index (κ1) is 63.4. The van der Waals surface area contributed by atoms with Gasteiger partial charge in [-0.1, -0.05) is 96.3 Å². The predicted molar refractivity (Wildman–Crippen MR) is 261 cm³/mol. The topological polar surface area (TPSA) is 231 Å². The lowest BCUT2D eigenvalue weighted by atomic mass is 10.0. The van der Waals surface area contributed by atoms with E-state index in [0.717, 1.165) is 44.9 Å². The lowest BCUT2D eigenvalue weighted by Crippen LogP contribution is -2.44. The van der Waals surface area contributed by atoms with Crippen molar-refractivity contribution in [2.75, 3.05) is 45.7 Å². The van der Waals surface area contributed by atoms with Crippen molar-refractivity contribution >= 4 is 37.3 Å². The summed E-state index contributed by atoms with van der Waals surface area (Å²) in [7, 11) is -3.13. The molecule has 16 nitrogen and oxygen atoms in total. The summed E-state index contributed by atoms with van der Waals surface area (Å²) in [5.74, 6) is -2.40. The number of carbonyl (C=O) groups is 5. The second-order valence-corrected chi connectivity index (χ2v) is 22.5. The first-order valence-electron chi connectivity index (χ1n) is 25.1. The summed E-state index contributed by atoms with van der Waals surface area (Å²) in [6.45, 7) is 18.0. The summed E-state index contributed by atoms with van der Waals surface area (Å²) in [6, 6.07) is -1.82. The van der Waals surface area contributed by atoms with Crippen LogP contribution in [0.2, 0.25) is 0 Å². The second kappa shape index (κ2) is 36.4. The number of aliphatic carboxylic acids is 1. The Morgan fingerprint density at radius 3 is 1.48 bits per heavy atom. The number of hydrogen-bond acceptors (Lipinski definition) is 12. The summed E-state index contributed by atoms with van der Waals surface area (Å²) in [6.07, 6.45) is 22.0. The first-order chi connectivity index (χ1) is 30.9. The second-order valence-electron chi connectivity index (χ2n) is 20.5. The van der Waals surface area contributed by atoms with E-state index in [-0.39, 0.29) is 63.5 Å². The molecule has 6 N–H and O–H groups in total.